The van der Waals surface area contributed by atoms with Crippen LogP contribution < -0.4 is 0 Å². The van der Waals surface area contributed by atoms with Gasteiger partial charge in [-0.2, -0.15) is 0 Å². The summed E-state index contributed by atoms with van der Waals surface area (Å²) in [6.07, 6.45) is 1.06. The molecule has 2 rings (SSSR count). The Balaban J connectivity index is 2.22. The summed E-state index contributed by atoms with van der Waals surface area (Å²) in [4.78, 5) is 0. The summed E-state index contributed by atoms with van der Waals surface area (Å²) in [6, 6.07) is 10.3. The van der Waals surface area contributed by atoms with Crippen LogP contribution in [0.2, 0.25) is 0 Å². The van der Waals surface area contributed by atoms with Gasteiger partial charge in [0.2, 0.25) is 0 Å². The second kappa shape index (κ2) is 5.76. The monoisotopic (exact) mass is 244 g/mol. The van der Waals surface area contributed by atoms with Gasteiger partial charge in [-0.1, -0.05) is 51.1 Å². The van der Waals surface area contributed by atoms with Crippen LogP contribution in [-0.2, 0) is 6.54 Å². The van der Waals surface area contributed by atoms with Crippen LogP contribution in [0.1, 0.15) is 44.5 Å². The number of tetrazole rings is 1. The Bertz CT molecular complexity index is 476. The molecule has 0 saturated carbocycles. The lowest BCUT2D eigenvalue weighted by Crippen LogP contribution is -2.15. The van der Waals surface area contributed by atoms with E-state index in [0.717, 1.165) is 18.8 Å². The molecular formula is C14H20N4. The van der Waals surface area contributed by atoms with Gasteiger partial charge in [0.25, 0.3) is 0 Å². The second-order valence-corrected chi connectivity index (χ2v) is 4.94. The van der Waals surface area contributed by atoms with E-state index in [9.17, 15) is 0 Å². The van der Waals surface area contributed by atoms with E-state index in [2.05, 4.69) is 48.4 Å². The molecule has 4 nitrogen and oxygen atoms in total. The quantitative estimate of drug-likeness (QED) is 0.812. The van der Waals surface area contributed by atoms with Crippen molar-refractivity contribution in [1.29, 1.82) is 0 Å². The number of hydrogen-bond donors (Lipinski definition) is 0. The van der Waals surface area contributed by atoms with E-state index >= 15 is 0 Å². The molecule has 96 valence electrons. The fourth-order valence-corrected chi connectivity index (χ4v) is 2.30. The summed E-state index contributed by atoms with van der Waals surface area (Å²) in [6.45, 7) is 7.37. The van der Waals surface area contributed by atoms with E-state index in [1.807, 2.05) is 22.9 Å². The number of nitrogens with zero attached hydrogens (tertiary/aromatic N) is 4. The van der Waals surface area contributed by atoms with Crippen LogP contribution in [0, 0.1) is 5.92 Å². The predicted molar refractivity (Wildman–Crippen MR) is 71.2 cm³/mol. The highest BCUT2D eigenvalue weighted by atomic mass is 15.5. The van der Waals surface area contributed by atoms with Crippen LogP contribution in [0.5, 0.6) is 0 Å². The smallest absolute Gasteiger partial charge is 0.154 e. The van der Waals surface area contributed by atoms with Crippen LogP contribution in [-0.4, -0.2) is 20.2 Å². The van der Waals surface area contributed by atoms with Gasteiger partial charge >= 0.3 is 0 Å². The van der Waals surface area contributed by atoms with E-state index in [1.165, 1.54) is 5.56 Å². The Hall–Kier alpha value is -1.71. The van der Waals surface area contributed by atoms with Gasteiger partial charge < -0.3 is 0 Å². The van der Waals surface area contributed by atoms with Gasteiger partial charge in [-0.05, 0) is 28.3 Å². The third-order valence-corrected chi connectivity index (χ3v) is 3.31. The van der Waals surface area contributed by atoms with E-state index in [1.54, 1.807) is 0 Å². The maximum atomic E-state index is 4.21. The molecular weight excluding hydrogens is 224 g/mol. The molecule has 0 N–H and O–H groups in total. The van der Waals surface area contributed by atoms with Crippen LogP contribution in [0.25, 0.3) is 0 Å². The molecule has 0 bridgehead atoms. The summed E-state index contributed by atoms with van der Waals surface area (Å²) < 4.78 is 1.92. The molecule has 1 aromatic heterocycles. The first kappa shape index (κ1) is 12.7. The van der Waals surface area contributed by atoms with Crippen molar-refractivity contribution in [2.24, 2.45) is 5.92 Å². The number of rotatable bonds is 5. The highest BCUT2D eigenvalue weighted by Crippen LogP contribution is 2.25. The van der Waals surface area contributed by atoms with Crippen LogP contribution >= 0.6 is 0 Å². The molecule has 1 unspecified atom stereocenters. The first-order valence-corrected chi connectivity index (χ1v) is 6.52. The van der Waals surface area contributed by atoms with Gasteiger partial charge in [-0.15, -0.1) is 5.10 Å². The molecule has 0 fully saturated rings. The van der Waals surface area contributed by atoms with Crippen molar-refractivity contribution in [1.82, 2.24) is 20.2 Å². The maximum absolute atomic E-state index is 4.21. The molecule has 0 aliphatic rings. The Morgan fingerprint density at radius 3 is 2.50 bits per heavy atom. The lowest BCUT2D eigenvalue weighted by atomic mass is 9.92. The Kier molecular flexibility index (Phi) is 4.07. The molecule has 0 aliphatic carbocycles. The molecule has 2 aromatic rings. The van der Waals surface area contributed by atoms with Crippen molar-refractivity contribution >= 4 is 0 Å². The standard InChI is InChI=1S/C14H20N4/c1-4-13(11(2)3)14-15-16-17-18(14)10-12-8-6-5-7-9-12/h5-9,11,13H,4,10H2,1-3H3. The average Bonchev–Trinajstić information content (AvgIpc) is 2.79. The molecule has 0 radical (unpaired) electrons. The van der Waals surface area contributed by atoms with Gasteiger partial charge in [0.1, 0.15) is 0 Å². The largest absolute Gasteiger partial charge is 0.225 e. The van der Waals surface area contributed by atoms with Gasteiger partial charge in [0, 0.05) is 5.92 Å². The Morgan fingerprint density at radius 1 is 1.17 bits per heavy atom. The molecule has 0 amide bonds. The predicted octanol–water partition coefficient (Wildman–Crippen LogP) is 2.87. The van der Waals surface area contributed by atoms with Crippen molar-refractivity contribution in [3.8, 4) is 0 Å². The third-order valence-electron chi connectivity index (χ3n) is 3.31. The zero-order valence-corrected chi connectivity index (χ0v) is 11.2. The van der Waals surface area contributed by atoms with Crippen molar-refractivity contribution < 1.29 is 0 Å². The van der Waals surface area contributed by atoms with Gasteiger partial charge in [-0.3, -0.25) is 0 Å². The SMILES string of the molecule is CCC(c1nnnn1Cc1ccccc1)C(C)C. The zero-order valence-electron chi connectivity index (χ0n) is 11.2. The van der Waals surface area contributed by atoms with Gasteiger partial charge in [0.05, 0.1) is 6.54 Å². The second-order valence-electron chi connectivity index (χ2n) is 4.94. The molecule has 0 spiro atoms. The lowest BCUT2D eigenvalue weighted by molar-refractivity contribution is 0.438. The Labute approximate surface area is 108 Å². The van der Waals surface area contributed by atoms with E-state index in [0.29, 0.717) is 11.8 Å². The minimum Gasteiger partial charge on any atom is -0.225 e. The lowest BCUT2D eigenvalue weighted by Gasteiger charge is -2.17. The first-order chi connectivity index (χ1) is 8.72. The maximum Gasteiger partial charge on any atom is 0.154 e. The number of hydrogen-bond acceptors (Lipinski definition) is 3. The normalized spacial score (nSPS) is 12.9. The number of benzene rings is 1. The third kappa shape index (κ3) is 2.75. The Morgan fingerprint density at radius 2 is 1.89 bits per heavy atom. The number of aromatic nitrogens is 4. The summed E-state index contributed by atoms with van der Waals surface area (Å²) in [7, 11) is 0. The van der Waals surface area contributed by atoms with Crippen LogP contribution in [0.4, 0.5) is 0 Å². The molecule has 18 heavy (non-hydrogen) atoms. The average molecular weight is 244 g/mol. The minimum atomic E-state index is 0.420. The van der Waals surface area contributed by atoms with Crippen LogP contribution in [0.3, 0.4) is 0 Å². The molecule has 0 aliphatic heterocycles. The van der Waals surface area contributed by atoms with Crippen molar-refractivity contribution in [2.45, 2.75) is 39.7 Å². The topological polar surface area (TPSA) is 43.6 Å². The summed E-state index contributed by atoms with van der Waals surface area (Å²) >= 11 is 0. The highest BCUT2D eigenvalue weighted by molar-refractivity contribution is 5.15. The fraction of sp³-hybridized carbons (Fsp3) is 0.500. The van der Waals surface area contributed by atoms with E-state index in [-0.39, 0.29) is 0 Å². The van der Waals surface area contributed by atoms with Crippen molar-refractivity contribution in [3.05, 3.63) is 41.7 Å². The van der Waals surface area contributed by atoms with Gasteiger partial charge in [-0.25, -0.2) is 4.68 Å². The zero-order chi connectivity index (χ0) is 13.0. The highest BCUT2D eigenvalue weighted by Gasteiger charge is 2.20. The van der Waals surface area contributed by atoms with E-state index in [4.69, 9.17) is 0 Å². The fourth-order valence-electron chi connectivity index (χ4n) is 2.30. The molecule has 4 heteroatoms. The summed E-state index contributed by atoms with van der Waals surface area (Å²) in [5.41, 5.74) is 1.23. The van der Waals surface area contributed by atoms with Gasteiger partial charge in [0.15, 0.2) is 5.82 Å². The minimum absolute atomic E-state index is 0.420. The molecule has 1 atom stereocenters. The van der Waals surface area contributed by atoms with Crippen molar-refractivity contribution in [2.75, 3.05) is 0 Å². The molecule has 0 saturated heterocycles. The van der Waals surface area contributed by atoms with E-state index < -0.39 is 0 Å². The summed E-state index contributed by atoms with van der Waals surface area (Å²) in [5, 5.41) is 12.2. The summed E-state index contributed by atoms with van der Waals surface area (Å²) in [5.74, 6) is 1.97. The molecule has 1 heterocycles. The first-order valence-electron chi connectivity index (χ1n) is 6.52. The van der Waals surface area contributed by atoms with Crippen LogP contribution in [0.15, 0.2) is 30.3 Å². The molecule has 1 aromatic carbocycles. The van der Waals surface area contributed by atoms with Crippen molar-refractivity contribution in [3.63, 3.8) is 0 Å².